The summed E-state index contributed by atoms with van der Waals surface area (Å²) in [6.45, 7) is 0. The Bertz CT molecular complexity index is 302. The third-order valence-electron chi connectivity index (χ3n) is 2.80. The summed E-state index contributed by atoms with van der Waals surface area (Å²) in [5.74, 6) is 0.667. The molecule has 1 aliphatic carbocycles. The summed E-state index contributed by atoms with van der Waals surface area (Å²) in [6, 6.07) is 4.16. The molecule has 0 bridgehead atoms. The molecular formula is C10H14BrClN2. The molecule has 0 unspecified atom stereocenters. The van der Waals surface area contributed by atoms with Gasteiger partial charge in [-0.15, -0.1) is 12.4 Å². The Morgan fingerprint density at radius 1 is 1.50 bits per heavy atom. The van der Waals surface area contributed by atoms with Gasteiger partial charge in [0.05, 0.1) is 0 Å². The molecule has 1 aromatic rings. The largest absolute Gasteiger partial charge is 0.324 e. The SMILES string of the molecule is Cl.N[C@@H](c1cccnc1Br)C1CCC1. The highest BCUT2D eigenvalue weighted by Crippen LogP contribution is 2.37. The molecule has 1 heterocycles. The molecule has 0 amide bonds. The Labute approximate surface area is 98.8 Å². The molecule has 2 rings (SSSR count). The van der Waals surface area contributed by atoms with Crippen molar-refractivity contribution in [3.05, 3.63) is 28.5 Å². The first-order chi connectivity index (χ1) is 6.29. The summed E-state index contributed by atoms with van der Waals surface area (Å²) >= 11 is 3.43. The molecule has 2 nitrogen and oxygen atoms in total. The highest BCUT2D eigenvalue weighted by Gasteiger charge is 2.26. The van der Waals surface area contributed by atoms with Crippen LogP contribution in [0.2, 0.25) is 0 Å². The summed E-state index contributed by atoms with van der Waals surface area (Å²) in [5, 5.41) is 0. The topological polar surface area (TPSA) is 38.9 Å². The number of halogens is 2. The van der Waals surface area contributed by atoms with Crippen molar-refractivity contribution < 1.29 is 0 Å². The number of nitrogens with two attached hydrogens (primary N) is 1. The van der Waals surface area contributed by atoms with Gasteiger partial charge in [0.1, 0.15) is 4.60 Å². The minimum Gasteiger partial charge on any atom is -0.324 e. The van der Waals surface area contributed by atoms with Crippen LogP contribution < -0.4 is 5.73 Å². The van der Waals surface area contributed by atoms with E-state index in [2.05, 4.69) is 27.0 Å². The minimum atomic E-state index is 0. The Balaban J connectivity index is 0.000000980. The molecule has 78 valence electrons. The van der Waals surface area contributed by atoms with E-state index in [-0.39, 0.29) is 18.4 Å². The van der Waals surface area contributed by atoms with Crippen LogP contribution in [0.5, 0.6) is 0 Å². The predicted octanol–water partition coefficient (Wildman–Crippen LogP) is 3.07. The molecule has 1 atom stereocenters. The molecule has 2 N–H and O–H groups in total. The van der Waals surface area contributed by atoms with Crippen LogP contribution in [0.1, 0.15) is 30.9 Å². The van der Waals surface area contributed by atoms with Gasteiger partial charge in [0.15, 0.2) is 0 Å². The van der Waals surface area contributed by atoms with Gasteiger partial charge in [0.2, 0.25) is 0 Å². The molecule has 0 aromatic carbocycles. The maximum absolute atomic E-state index is 6.13. The lowest BCUT2D eigenvalue weighted by Gasteiger charge is -2.31. The third-order valence-corrected chi connectivity index (χ3v) is 3.47. The molecule has 0 aliphatic heterocycles. The summed E-state index contributed by atoms with van der Waals surface area (Å²) in [4.78, 5) is 4.18. The van der Waals surface area contributed by atoms with Gasteiger partial charge in [0.25, 0.3) is 0 Å². The van der Waals surface area contributed by atoms with Gasteiger partial charge >= 0.3 is 0 Å². The van der Waals surface area contributed by atoms with E-state index in [0.717, 1.165) is 10.2 Å². The minimum absolute atomic E-state index is 0. The molecule has 0 saturated heterocycles. The van der Waals surface area contributed by atoms with Crippen LogP contribution >= 0.6 is 28.3 Å². The fourth-order valence-electron chi connectivity index (χ4n) is 1.70. The first kappa shape index (κ1) is 12.0. The number of rotatable bonds is 2. The monoisotopic (exact) mass is 276 g/mol. The standard InChI is InChI=1S/C10H13BrN2.ClH/c11-10-8(5-2-6-13-10)9(12)7-3-1-4-7;/h2,5-7,9H,1,3-4,12H2;1H/t9-;/m1./s1. The van der Waals surface area contributed by atoms with Crippen molar-refractivity contribution in [2.24, 2.45) is 11.7 Å². The normalized spacial score (nSPS) is 18.1. The second-order valence-electron chi connectivity index (χ2n) is 3.60. The zero-order valence-corrected chi connectivity index (χ0v) is 10.2. The molecule has 4 heteroatoms. The van der Waals surface area contributed by atoms with Crippen molar-refractivity contribution in [3.63, 3.8) is 0 Å². The summed E-state index contributed by atoms with van der Waals surface area (Å²) in [6.07, 6.45) is 5.64. The van der Waals surface area contributed by atoms with Crippen molar-refractivity contribution in [2.45, 2.75) is 25.3 Å². The van der Waals surface area contributed by atoms with Crippen LogP contribution in [0, 0.1) is 5.92 Å². The van der Waals surface area contributed by atoms with Gasteiger partial charge in [-0.05, 0) is 40.8 Å². The number of pyridine rings is 1. The average molecular weight is 278 g/mol. The van der Waals surface area contributed by atoms with Gasteiger partial charge in [-0.1, -0.05) is 12.5 Å². The first-order valence-corrected chi connectivity index (χ1v) is 5.44. The lowest BCUT2D eigenvalue weighted by atomic mass is 9.78. The molecule has 0 spiro atoms. The molecule has 1 aromatic heterocycles. The summed E-state index contributed by atoms with van der Waals surface area (Å²) in [7, 11) is 0. The zero-order chi connectivity index (χ0) is 9.26. The summed E-state index contributed by atoms with van der Waals surface area (Å²) < 4.78 is 0.898. The molecule has 1 fully saturated rings. The Hall–Kier alpha value is -0.120. The van der Waals surface area contributed by atoms with Crippen LogP contribution in [0.4, 0.5) is 0 Å². The lowest BCUT2D eigenvalue weighted by molar-refractivity contribution is 0.263. The molecule has 1 aliphatic rings. The Morgan fingerprint density at radius 2 is 2.21 bits per heavy atom. The molecule has 0 radical (unpaired) electrons. The zero-order valence-electron chi connectivity index (χ0n) is 7.82. The fourth-order valence-corrected chi connectivity index (χ4v) is 2.21. The number of hydrogen-bond donors (Lipinski definition) is 1. The van der Waals surface area contributed by atoms with E-state index in [1.807, 2.05) is 6.07 Å². The van der Waals surface area contributed by atoms with E-state index >= 15 is 0 Å². The van der Waals surface area contributed by atoms with Gasteiger partial charge in [-0.2, -0.15) is 0 Å². The maximum atomic E-state index is 6.13. The van der Waals surface area contributed by atoms with Gasteiger partial charge in [0, 0.05) is 17.8 Å². The van der Waals surface area contributed by atoms with E-state index in [0.29, 0.717) is 5.92 Å². The van der Waals surface area contributed by atoms with Crippen molar-refractivity contribution in [2.75, 3.05) is 0 Å². The quantitative estimate of drug-likeness (QED) is 0.844. The van der Waals surface area contributed by atoms with E-state index < -0.39 is 0 Å². The van der Waals surface area contributed by atoms with E-state index in [1.165, 1.54) is 19.3 Å². The summed E-state index contributed by atoms with van der Waals surface area (Å²) in [5.41, 5.74) is 7.28. The van der Waals surface area contributed by atoms with Crippen LogP contribution in [-0.2, 0) is 0 Å². The Morgan fingerprint density at radius 3 is 2.71 bits per heavy atom. The average Bonchev–Trinajstić information content (AvgIpc) is 2.01. The molecule has 1 saturated carbocycles. The first-order valence-electron chi connectivity index (χ1n) is 4.65. The molecule has 14 heavy (non-hydrogen) atoms. The third kappa shape index (κ3) is 2.27. The smallest absolute Gasteiger partial charge is 0.110 e. The van der Waals surface area contributed by atoms with Crippen LogP contribution in [-0.4, -0.2) is 4.98 Å². The van der Waals surface area contributed by atoms with Crippen LogP contribution in [0.3, 0.4) is 0 Å². The van der Waals surface area contributed by atoms with Gasteiger partial charge in [-0.25, -0.2) is 4.98 Å². The highest BCUT2D eigenvalue weighted by atomic mass is 79.9. The van der Waals surface area contributed by atoms with E-state index in [4.69, 9.17) is 5.73 Å². The van der Waals surface area contributed by atoms with Crippen LogP contribution in [0.25, 0.3) is 0 Å². The maximum Gasteiger partial charge on any atom is 0.110 e. The Kier molecular flexibility index (Phi) is 4.35. The number of nitrogens with zero attached hydrogens (tertiary/aromatic N) is 1. The van der Waals surface area contributed by atoms with E-state index in [1.54, 1.807) is 6.20 Å². The fraction of sp³-hybridized carbons (Fsp3) is 0.500. The van der Waals surface area contributed by atoms with Crippen molar-refractivity contribution in [1.29, 1.82) is 0 Å². The second kappa shape index (κ2) is 5.10. The van der Waals surface area contributed by atoms with Crippen molar-refractivity contribution in [1.82, 2.24) is 4.98 Å². The van der Waals surface area contributed by atoms with Crippen molar-refractivity contribution in [3.8, 4) is 0 Å². The van der Waals surface area contributed by atoms with Gasteiger partial charge < -0.3 is 5.73 Å². The predicted molar refractivity (Wildman–Crippen MR) is 63.5 cm³/mol. The molecular weight excluding hydrogens is 263 g/mol. The highest BCUT2D eigenvalue weighted by molar-refractivity contribution is 9.10. The number of hydrogen-bond acceptors (Lipinski definition) is 2. The lowest BCUT2D eigenvalue weighted by Crippen LogP contribution is -2.27. The van der Waals surface area contributed by atoms with Crippen molar-refractivity contribution >= 4 is 28.3 Å². The number of aromatic nitrogens is 1. The second-order valence-corrected chi connectivity index (χ2v) is 4.35. The van der Waals surface area contributed by atoms with E-state index in [9.17, 15) is 0 Å². The van der Waals surface area contributed by atoms with Gasteiger partial charge in [-0.3, -0.25) is 0 Å². The van der Waals surface area contributed by atoms with Crippen LogP contribution in [0.15, 0.2) is 22.9 Å².